The van der Waals surface area contributed by atoms with Crippen LogP contribution in [0.1, 0.15) is 13.8 Å². The molecule has 0 spiro atoms. The molecule has 0 fully saturated rings. The topological polar surface area (TPSA) is 66.8 Å². The number of ether oxygens (including phenoxy) is 1. The van der Waals surface area contributed by atoms with Gasteiger partial charge < -0.3 is 14.7 Å². The van der Waals surface area contributed by atoms with Crippen molar-refractivity contribution in [3.05, 3.63) is 27.7 Å². The van der Waals surface area contributed by atoms with Gasteiger partial charge in [-0.2, -0.15) is 0 Å². The van der Waals surface area contributed by atoms with Gasteiger partial charge in [-0.3, -0.25) is 9.59 Å². The van der Waals surface area contributed by atoms with Crippen molar-refractivity contribution >= 4 is 39.4 Å². The van der Waals surface area contributed by atoms with Crippen LogP contribution in [0.25, 0.3) is 0 Å². The van der Waals surface area contributed by atoms with Crippen LogP contribution in [0.4, 0.5) is 0 Å². The van der Waals surface area contributed by atoms with Gasteiger partial charge in [0.05, 0.1) is 4.47 Å². The molecule has 0 aromatic heterocycles. The smallest absolute Gasteiger partial charge is 0.323 e. The van der Waals surface area contributed by atoms with E-state index in [-0.39, 0.29) is 25.1 Å². The van der Waals surface area contributed by atoms with Gasteiger partial charge in [0, 0.05) is 11.1 Å². The molecule has 20 heavy (non-hydrogen) atoms. The lowest BCUT2D eigenvalue weighted by molar-refractivity contribution is -0.146. The number of benzene rings is 1. The van der Waals surface area contributed by atoms with Crippen LogP contribution in [0.2, 0.25) is 5.02 Å². The Kier molecular flexibility index (Phi) is 6.29. The molecule has 0 aliphatic rings. The number of amides is 1. The van der Waals surface area contributed by atoms with Gasteiger partial charge in [-0.05, 0) is 48.0 Å². The molecular weight excluding hydrogens is 350 g/mol. The molecule has 0 aliphatic heterocycles. The van der Waals surface area contributed by atoms with Gasteiger partial charge in [0.15, 0.2) is 6.61 Å². The molecule has 5 nitrogen and oxygen atoms in total. The summed E-state index contributed by atoms with van der Waals surface area (Å²) in [6.07, 6.45) is 0. The number of halogens is 2. The Hall–Kier alpha value is -1.27. The minimum atomic E-state index is -1.06. The van der Waals surface area contributed by atoms with Crippen molar-refractivity contribution in [2.24, 2.45) is 0 Å². The molecule has 7 heteroatoms. The molecule has 0 radical (unpaired) electrons. The molecule has 1 N–H and O–H groups in total. The summed E-state index contributed by atoms with van der Waals surface area (Å²) < 4.78 is 6.01. The highest BCUT2D eigenvalue weighted by molar-refractivity contribution is 9.10. The van der Waals surface area contributed by atoms with Gasteiger partial charge >= 0.3 is 5.97 Å². The number of nitrogens with zero attached hydrogens (tertiary/aromatic N) is 1. The van der Waals surface area contributed by atoms with Crippen molar-refractivity contribution in [1.82, 2.24) is 4.90 Å². The number of carboxylic acids is 1. The fraction of sp³-hybridized carbons (Fsp3) is 0.385. The second-order valence-corrected chi connectivity index (χ2v) is 5.66. The Bertz CT molecular complexity index is 507. The summed E-state index contributed by atoms with van der Waals surface area (Å²) in [5.41, 5.74) is 0. The van der Waals surface area contributed by atoms with Crippen LogP contribution in [0.5, 0.6) is 5.75 Å². The Morgan fingerprint density at radius 1 is 1.45 bits per heavy atom. The van der Waals surface area contributed by atoms with Crippen LogP contribution >= 0.6 is 27.5 Å². The number of rotatable bonds is 6. The Balaban J connectivity index is 2.67. The third kappa shape index (κ3) is 5.02. The third-order valence-electron chi connectivity index (χ3n) is 2.49. The minimum Gasteiger partial charge on any atom is -0.483 e. The Morgan fingerprint density at radius 3 is 2.60 bits per heavy atom. The maximum absolute atomic E-state index is 12.0. The molecular formula is C13H15BrClNO4. The first-order valence-electron chi connectivity index (χ1n) is 5.90. The predicted molar refractivity (Wildman–Crippen MR) is 79.1 cm³/mol. The molecule has 1 rings (SSSR count). The molecule has 1 amide bonds. The van der Waals surface area contributed by atoms with Crippen LogP contribution in [-0.4, -0.2) is 41.1 Å². The first kappa shape index (κ1) is 16.8. The molecule has 0 unspecified atom stereocenters. The van der Waals surface area contributed by atoms with E-state index in [1.807, 2.05) is 0 Å². The van der Waals surface area contributed by atoms with Crippen molar-refractivity contribution < 1.29 is 19.4 Å². The van der Waals surface area contributed by atoms with E-state index in [4.69, 9.17) is 21.4 Å². The highest BCUT2D eigenvalue weighted by Crippen LogP contribution is 2.27. The van der Waals surface area contributed by atoms with Gasteiger partial charge in [0.25, 0.3) is 5.91 Å². The normalized spacial score (nSPS) is 10.4. The van der Waals surface area contributed by atoms with Crippen molar-refractivity contribution in [3.8, 4) is 5.75 Å². The second kappa shape index (κ2) is 7.50. The SMILES string of the molecule is CC(C)N(CC(=O)O)C(=O)COc1ccc(Cl)cc1Br. The predicted octanol–water partition coefficient (Wildman–Crippen LogP) is 2.80. The Labute approximate surface area is 130 Å². The number of carboxylic acid groups (broad SMARTS) is 1. The summed E-state index contributed by atoms with van der Waals surface area (Å²) in [6, 6.07) is 4.72. The summed E-state index contributed by atoms with van der Waals surface area (Å²) in [5.74, 6) is -0.967. The van der Waals surface area contributed by atoms with Crippen molar-refractivity contribution in [2.75, 3.05) is 13.2 Å². The molecule has 0 heterocycles. The van der Waals surface area contributed by atoms with Crippen LogP contribution < -0.4 is 4.74 Å². The first-order valence-corrected chi connectivity index (χ1v) is 7.07. The monoisotopic (exact) mass is 363 g/mol. The first-order chi connectivity index (χ1) is 9.31. The van der Waals surface area contributed by atoms with E-state index >= 15 is 0 Å². The van der Waals surface area contributed by atoms with Crippen LogP contribution in [-0.2, 0) is 9.59 Å². The lowest BCUT2D eigenvalue weighted by Crippen LogP contribution is -2.43. The van der Waals surface area contributed by atoms with Gasteiger partial charge in [-0.15, -0.1) is 0 Å². The third-order valence-corrected chi connectivity index (χ3v) is 3.35. The minimum absolute atomic E-state index is 0.212. The molecule has 0 saturated carbocycles. The van der Waals surface area contributed by atoms with Crippen molar-refractivity contribution in [2.45, 2.75) is 19.9 Å². The second-order valence-electron chi connectivity index (χ2n) is 4.37. The summed E-state index contributed by atoms with van der Waals surface area (Å²) in [5, 5.41) is 9.33. The number of hydrogen-bond acceptors (Lipinski definition) is 3. The summed E-state index contributed by atoms with van der Waals surface area (Å²) >= 11 is 9.08. The number of carbonyl (C=O) groups excluding carboxylic acids is 1. The van der Waals surface area contributed by atoms with E-state index < -0.39 is 5.97 Å². The van der Waals surface area contributed by atoms with Gasteiger partial charge in [0.1, 0.15) is 12.3 Å². The quantitative estimate of drug-likeness (QED) is 0.843. The molecule has 110 valence electrons. The average Bonchev–Trinajstić information content (AvgIpc) is 2.34. The van der Waals surface area contributed by atoms with E-state index in [1.165, 1.54) is 4.90 Å². The summed E-state index contributed by atoms with van der Waals surface area (Å²) in [4.78, 5) is 23.9. The molecule has 0 saturated heterocycles. The van der Waals surface area contributed by atoms with Crippen molar-refractivity contribution in [3.63, 3.8) is 0 Å². The number of hydrogen-bond donors (Lipinski definition) is 1. The fourth-order valence-electron chi connectivity index (χ4n) is 1.52. The lowest BCUT2D eigenvalue weighted by Gasteiger charge is -2.24. The van der Waals surface area contributed by atoms with E-state index in [2.05, 4.69) is 15.9 Å². The van der Waals surface area contributed by atoms with Gasteiger partial charge in [0.2, 0.25) is 0 Å². The summed E-state index contributed by atoms with van der Waals surface area (Å²) in [7, 11) is 0. The molecule has 0 atom stereocenters. The maximum atomic E-state index is 12.0. The molecule has 1 aromatic carbocycles. The maximum Gasteiger partial charge on any atom is 0.323 e. The standard InChI is InChI=1S/C13H15BrClNO4/c1-8(2)16(6-13(18)19)12(17)7-20-11-4-3-9(15)5-10(11)14/h3-5,8H,6-7H2,1-2H3,(H,18,19). The van der Waals surface area contributed by atoms with E-state index in [1.54, 1.807) is 32.0 Å². The molecule has 0 bridgehead atoms. The fourth-order valence-corrected chi connectivity index (χ4v) is 2.32. The summed E-state index contributed by atoms with van der Waals surface area (Å²) in [6.45, 7) is 2.92. The van der Waals surface area contributed by atoms with E-state index in [9.17, 15) is 9.59 Å². The zero-order chi connectivity index (χ0) is 15.3. The zero-order valence-electron chi connectivity index (χ0n) is 11.1. The molecule has 0 aliphatic carbocycles. The van der Waals surface area contributed by atoms with Crippen molar-refractivity contribution in [1.29, 1.82) is 0 Å². The van der Waals surface area contributed by atoms with Crippen LogP contribution in [0, 0.1) is 0 Å². The largest absolute Gasteiger partial charge is 0.483 e. The average molecular weight is 365 g/mol. The Morgan fingerprint density at radius 2 is 2.10 bits per heavy atom. The van der Waals surface area contributed by atoms with Crippen LogP contribution in [0.15, 0.2) is 22.7 Å². The highest BCUT2D eigenvalue weighted by atomic mass is 79.9. The van der Waals surface area contributed by atoms with E-state index in [0.717, 1.165) is 0 Å². The van der Waals surface area contributed by atoms with Gasteiger partial charge in [-0.25, -0.2) is 0 Å². The zero-order valence-corrected chi connectivity index (χ0v) is 13.4. The lowest BCUT2D eigenvalue weighted by atomic mass is 10.3. The van der Waals surface area contributed by atoms with Crippen LogP contribution in [0.3, 0.4) is 0 Å². The highest BCUT2D eigenvalue weighted by Gasteiger charge is 2.20. The number of carbonyl (C=O) groups is 2. The molecule has 1 aromatic rings. The van der Waals surface area contributed by atoms with E-state index in [0.29, 0.717) is 15.2 Å². The number of aliphatic carboxylic acids is 1. The van der Waals surface area contributed by atoms with Gasteiger partial charge in [-0.1, -0.05) is 11.6 Å².